The summed E-state index contributed by atoms with van der Waals surface area (Å²) in [4.78, 5) is 39.8. The highest BCUT2D eigenvalue weighted by atomic mass is 15.3. The van der Waals surface area contributed by atoms with Crippen molar-refractivity contribution < 1.29 is 0 Å². The van der Waals surface area contributed by atoms with Gasteiger partial charge in [0.2, 0.25) is 29.4 Å². The molecule has 0 unspecified atom stereocenters. The van der Waals surface area contributed by atoms with Gasteiger partial charge in [0.25, 0.3) is 0 Å². The molecule has 0 atom stereocenters. The van der Waals surface area contributed by atoms with E-state index in [4.69, 9.17) is 34.9 Å². The molecule has 0 aliphatic rings. The van der Waals surface area contributed by atoms with Crippen LogP contribution in [0.4, 0.5) is 0 Å². The zero-order valence-corrected chi connectivity index (χ0v) is 71.4. The van der Waals surface area contributed by atoms with E-state index in [1.54, 1.807) is 0 Å². The standard InChI is InChI=1S/C117H69N17/c1-13-43-90-74(30-1)75-31-2-14-44-91(75)127(90)100-53-23-11-40-84(100)112-122-114(124-115(123-112)132-98-51-21-9-38-82(98)87-68-71(62-65-103(87)132)125-105-55-25-27-57-107(105)133-104-54-24-12-42-88(104)119-116(125)133)131-97-50-20-8-36-80(97)85-66-70(60-63-102(85)131)73-41-29-59-109-111(73)121-117-126(106-56-26-28-58-108(106)134(109)117)72-61-64-101-86(67-72)81-37-7-15-45-92(81)128(101)99-52-22-10-39-83(99)89-69-110(129-93-46-16-3-32-76(93)77-33-4-17-47-94(77)129)120-113(118-89)130-95-48-18-5-34-78(95)79-35-6-19-49-96(79)130/h1-69H. The Labute approximate surface area is 760 Å². The number of hydrogen-bond acceptors (Lipinski definition) is 7. The van der Waals surface area contributed by atoms with Gasteiger partial charge in [-0.1, -0.05) is 249 Å². The van der Waals surface area contributed by atoms with Gasteiger partial charge in [-0.3, -0.25) is 36.2 Å². The van der Waals surface area contributed by atoms with Crippen LogP contribution >= 0.6 is 0 Å². The second-order valence-electron chi connectivity index (χ2n) is 34.8. The van der Waals surface area contributed by atoms with Crippen LogP contribution in [0, 0.1) is 0 Å². The zero-order valence-electron chi connectivity index (χ0n) is 71.4. The van der Waals surface area contributed by atoms with E-state index in [0.717, 1.165) is 243 Å². The second-order valence-corrected chi connectivity index (χ2v) is 34.8. The average Bonchev–Trinajstić information content (AvgIpc) is 1.54. The maximum absolute atomic E-state index is 5.85. The van der Waals surface area contributed by atoms with Crippen molar-refractivity contribution in [2.24, 2.45) is 0 Å². The SMILES string of the molecule is c1ccc(-n2c3ccccc3c3cc(-n4c5ccccc5n5c6cccc(-c7ccc8c(c7)c7ccccc7n8-c7nc(-c8ccccc8-n8c9ccccc9c9ccccc98)nc(-n8c9ccccc9c9cc(-n%10c%11ccccc%11n%11c%12ccccc%12nc%10%11)ccc98)n7)c6nc45)ccc32)c(-c2cc(-n3c4ccccc4c4ccccc43)nc(-n3c4ccccc4c4ccccc43)n2)c1. The van der Waals surface area contributed by atoms with Crippen molar-refractivity contribution >= 4 is 187 Å². The molecule has 17 nitrogen and oxygen atoms in total. The summed E-state index contributed by atoms with van der Waals surface area (Å²) >= 11 is 0. The topological polar surface area (TPSA) is 138 Å². The van der Waals surface area contributed by atoms with E-state index in [1.165, 1.54) is 0 Å². The molecule has 12 heterocycles. The molecule has 17 heteroatoms. The minimum absolute atomic E-state index is 0.466. The molecule has 30 aromatic rings. The molecule has 0 aliphatic carbocycles. The van der Waals surface area contributed by atoms with E-state index in [2.05, 4.69) is 464 Å². The summed E-state index contributed by atoms with van der Waals surface area (Å²) in [5.41, 5.74) is 28.8. The van der Waals surface area contributed by atoms with Gasteiger partial charge in [-0.25, -0.2) is 15.0 Å². The average molecular weight is 1710 g/mol. The first-order valence-corrected chi connectivity index (χ1v) is 45.2. The highest BCUT2D eigenvalue weighted by molar-refractivity contribution is 6.17. The predicted molar refractivity (Wildman–Crippen MR) is 544 cm³/mol. The van der Waals surface area contributed by atoms with Crippen molar-refractivity contribution in [3.8, 4) is 80.2 Å². The Hall–Kier alpha value is -18.6. The molecule has 0 radical (unpaired) electrons. The van der Waals surface area contributed by atoms with Gasteiger partial charge in [-0.2, -0.15) is 19.9 Å². The number of para-hydroxylation sites is 18. The van der Waals surface area contributed by atoms with Gasteiger partial charge in [-0.15, -0.1) is 0 Å². The summed E-state index contributed by atoms with van der Waals surface area (Å²) in [5.74, 6) is 4.42. The molecule has 0 aliphatic heterocycles. The van der Waals surface area contributed by atoms with Gasteiger partial charge >= 0.3 is 0 Å². The van der Waals surface area contributed by atoms with Crippen molar-refractivity contribution in [3.63, 3.8) is 0 Å². The molecule has 0 saturated heterocycles. The lowest BCUT2D eigenvalue weighted by Crippen LogP contribution is -2.11. The predicted octanol–water partition coefficient (Wildman–Crippen LogP) is 27.7. The number of benzene rings is 18. The third-order valence-electron chi connectivity index (χ3n) is 27.8. The van der Waals surface area contributed by atoms with Crippen LogP contribution < -0.4 is 0 Å². The lowest BCUT2D eigenvalue weighted by molar-refractivity contribution is 0.892. The van der Waals surface area contributed by atoms with Crippen molar-refractivity contribution in [1.82, 2.24) is 80.2 Å². The van der Waals surface area contributed by atoms with Crippen LogP contribution in [-0.4, -0.2) is 80.2 Å². The summed E-state index contributed by atoms with van der Waals surface area (Å²) in [6.45, 7) is 0. The van der Waals surface area contributed by atoms with E-state index in [-0.39, 0.29) is 0 Å². The molecule has 134 heavy (non-hydrogen) atoms. The van der Waals surface area contributed by atoms with Crippen LogP contribution in [-0.2, 0) is 0 Å². The highest BCUT2D eigenvalue weighted by Gasteiger charge is 2.30. The molecule has 30 rings (SSSR count). The summed E-state index contributed by atoms with van der Waals surface area (Å²) in [5, 5.41) is 13.3. The van der Waals surface area contributed by atoms with Crippen LogP contribution in [0.1, 0.15) is 0 Å². The third-order valence-corrected chi connectivity index (χ3v) is 27.8. The monoisotopic (exact) mass is 1710 g/mol. The number of hydrogen-bond donors (Lipinski definition) is 0. The van der Waals surface area contributed by atoms with Crippen molar-refractivity contribution in [2.45, 2.75) is 0 Å². The molecule has 0 fully saturated rings. The molecule has 622 valence electrons. The first-order chi connectivity index (χ1) is 66.5. The number of nitrogens with zero attached hydrogens (tertiary/aromatic N) is 17. The number of rotatable bonds is 11. The fourth-order valence-corrected chi connectivity index (χ4v) is 22.2. The summed E-state index contributed by atoms with van der Waals surface area (Å²) in [6, 6.07) is 150. The maximum atomic E-state index is 5.85. The Balaban J connectivity index is 0.579. The van der Waals surface area contributed by atoms with E-state index >= 15 is 0 Å². The Bertz CT molecular complexity index is 10100. The van der Waals surface area contributed by atoms with Gasteiger partial charge in [0.1, 0.15) is 5.82 Å². The first kappa shape index (κ1) is 72.4. The van der Waals surface area contributed by atoms with E-state index in [1.807, 2.05) is 0 Å². The number of aromatic nitrogens is 17. The molecule has 0 bridgehead atoms. The molecule has 0 amide bonds. The third kappa shape index (κ3) is 10.1. The van der Waals surface area contributed by atoms with Crippen LogP contribution in [0.3, 0.4) is 0 Å². The number of imidazole rings is 4. The van der Waals surface area contributed by atoms with Gasteiger partial charge < -0.3 is 9.13 Å². The Morgan fingerprint density at radius 3 is 0.985 bits per heavy atom. The van der Waals surface area contributed by atoms with Crippen LogP contribution in [0.15, 0.2) is 419 Å². The molecule has 18 aromatic carbocycles. The highest BCUT2D eigenvalue weighted by Crippen LogP contribution is 2.46. The van der Waals surface area contributed by atoms with Crippen LogP contribution in [0.25, 0.3) is 267 Å². The normalized spacial score (nSPS) is 12.3. The zero-order chi connectivity index (χ0) is 87.2. The van der Waals surface area contributed by atoms with E-state index in [9.17, 15) is 0 Å². The quantitative estimate of drug-likeness (QED) is 0.126. The van der Waals surface area contributed by atoms with Gasteiger partial charge in [0.05, 0.1) is 127 Å². The van der Waals surface area contributed by atoms with Gasteiger partial charge in [-0.05, 0) is 169 Å². The minimum atomic E-state index is 0.466. The maximum Gasteiger partial charge on any atom is 0.240 e. The van der Waals surface area contributed by atoms with E-state index < -0.39 is 0 Å². The Kier molecular flexibility index (Phi) is 14.8. The molecular formula is C117H69N17. The van der Waals surface area contributed by atoms with Gasteiger partial charge in [0, 0.05) is 98.8 Å². The number of fused-ring (bicyclic) bond motifs is 28. The van der Waals surface area contributed by atoms with Crippen molar-refractivity contribution in [3.05, 3.63) is 419 Å². The summed E-state index contributed by atoms with van der Waals surface area (Å²) in [6.07, 6.45) is 0. The van der Waals surface area contributed by atoms with Gasteiger partial charge in [0.15, 0.2) is 5.82 Å². The molecule has 12 aromatic heterocycles. The summed E-state index contributed by atoms with van der Waals surface area (Å²) in [7, 11) is 0. The van der Waals surface area contributed by atoms with E-state index in [0.29, 0.717) is 23.7 Å². The van der Waals surface area contributed by atoms with Crippen LogP contribution in [0.2, 0.25) is 0 Å². The lowest BCUT2D eigenvalue weighted by Gasteiger charge is -2.17. The second kappa shape index (κ2) is 27.5. The molecule has 0 spiro atoms. The molecule has 0 saturated carbocycles. The Morgan fingerprint density at radius 2 is 0.500 bits per heavy atom. The summed E-state index contributed by atoms with van der Waals surface area (Å²) < 4.78 is 23.0. The first-order valence-electron chi connectivity index (χ1n) is 45.2. The largest absolute Gasteiger partial charge is 0.309 e. The molecule has 0 N–H and O–H groups in total. The van der Waals surface area contributed by atoms with Crippen molar-refractivity contribution in [2.75, 3.05) is 0 Å². The van der Waals surface area contributed by atoms with Crippen molar-refractivity contribution in [1.29, 1.82) is 0 Å². The minimum Gasteiger partial charge on any atom is -0.309 e. The lowest BCUT2D eigenvalue weighted by atomic mass is 10.0. The smallest absolute Gasteiger partial charge is 0.240 e. The fourth-order valence-electron chi connectivity index (χ4n) is 22.2. The molecular weight excluding hydrogens is 1640 g/mol. The Morgan fingerprint density at radius 1 is 0.172 bits per heavy atom. The van der Waals surface area contributed by atoms with Crippen LogP contribution in [0.5, 0.6) is 0 Å². The fraction of sp³-hybridized carbons (Fsp3) is 0.